The number of rotatable bonds is 6. The standard InChI is InChI=1S/C21H36N2O6/c1-10-28-21(7,8)15(22-18(26)29-19(2,3)4)16(24)23-11-12-13(20(12,5)6)14(23)17(25)27-9/h12-15H,10-11H2,1-9H3,(H,22,26)/t12-,13-,14-,15?/m0/s1. The molecule has 0 bridgehead atoms. The molecule has 8 heteroatoms. The Morgan fingerprint density at radius 1 is 1.17 bits per heavy atom. The van der Waals surface area contributed by atoms with Gasteiger partial charge in [0.15, 0.2) is 0 Å². The normalized spacial score (nSPS) is 26.4. The minimum atomic E-state index is -1.01. The summed E-state index contributed by atoms with van der Waals surface area (Å²) >= 11 is 0. The minimum Gasteiger partial charge on any atom is -0.467 e. The van der Waals surface area contributed by atoms with E-state index in [2.05, 4.69) is 19.2 Å². The first-order valence-electron chi connectivity index (χ1n) is 10.2. The molecule has 1 aliphatic heterocycles. The molecule has 1 unspecified atom stereocenters. The van der Waals surface area contributed by atoms with E-state index < -0.39 is 35.3 Å². The van der Waals surface area contributed by atoms with Gasteiger partial charge in [0.2, 0.25) is 5.91 Å². The summed E-state index contributed by atoms with van der Waals surface area (Å²) in [6.07, 6.45) is -0.706. The van der Waals surface area contributed by atoms with Crippen LogP contribution in [0, 0.1) is 17.3 Å². The number of alkyl carbamates (subject to hydrolysis) is 1. The third-order valence-corrected chi connectivity index (χ3v) is 6.05. The van der Waals surface area contributed by atoms with Gasteiger partial charge in [-0.05, 0) is 52.9 Å². The van der Waals surface area contributed by atoms with Gasteiger partial charge in [-0.2, -0.15) is 0 Å². The topological polar surface area (TPSA) is 94.2 Å². The van der Waals surface area contributed by atoms with Crippen molar-refractivity contribution in [1.29, 1.82) is 0 Å². The van der Waals surface area contributed by atoms with E-state index in [1.165, 1.54) is 12.0 Å². The van der Waals surface area contributed by atoms with Crippen LogP contribution in [0.25, 0.3) is 0 Å². The number of carbonyl (C=O) groups is 3. The maximum atomic E-state index is 13.5. The van der Waals surface area contributed by atoms with E-state index in [0.717, 1.165) is 0 Å². The van der Waals surface area contributed by atoms with E-state index in [-0.39, 0.29) is 23.2 Å². The van der Waals surface area contributed by atoms with Crippen LogP contribution >= 0.6 is 0 Å². The van der Waals surface area contributed by atoms with Crippen molar-refractivity contribution in [2.45, 2.75) is 78.7 Å². The van der Waals surface area contributed by atoms with Gasteiger partial charge in [0, 0.05) is 19.1 Å². The number of carbonyl (C=O) groups excluding carboxylic acids is 3. The fourth-order valence-electron chi connectivity index (χ4n) is 4.48. The van der Waals surface area contributed by atoms with E-state index in [1.807, 2.05) is 6.92 Å². The predicted octanol–water partition coefficient (Wildman–Crippen LogP) is 2.35. The lowest BCUT2D eigenvalue weighted by Crippen LogP contribution is -2.62. The van der Waals surface area contributed by atoms with E-state index in [0.29, 0.717) is 13.2 Å². The molecule has 166 valence electrons. The van der Waals surface area contributed by atoms with Gasteiger partial charge in [0.05, 0.1) is 12.7 Å². The van der Waals surface area contributed by atoms with Crippen molar-refractivity contribution in [1.82, 2.24) is 10.2 Å². The van der Waals surface area contributed by atoms with Crippen molar-refractivity contribution in [3.05, 3.63) is 0 Å². The lowest BCUT2D eigenvalue weighted by atomic mass is 9.94. The van der Waals surface area contributed by atoms with E-state index in [9.17, 15) is 14.4 Å². The third-order valence-electron chi connectivity index (χ3n) is 6.05. The average Bonchev–Trinajstić information content (AvgIpc) is 2.93. The molecule has 2 aliphatic rings. The van der Waals surface area contributed by atoms with Crippen molar-refractivity contribution in [3.63, 3.8) is 0 Å². The number of nitrogens with zero attached hydrogens (tertiary/aromatic N) is 1. The van der Waals surface area contributed by atoms with Gasteiger partial charge in [-0.1, -0.05) is 13.8 Å². The molecule has 0 radical (unpaired) electrons. The van der Waals surface area contributed by atoms with Crippen molar-refractivity contribution >= 4 is 18.0 Å². The first kappa shape index (κ1) is 23.4. The Morgan fingerprint density at radius 2 is 1.76 bits per heavy atom. The number of esters is 1. The second-order valence-electron chi connectivity index (χ2n) is 10.0. The molecule has 4 atom stereocenters. The van der Waals surface area contributed by atoms with Gasteiger partial charge in [-0.3, -0.25) is 4.79 Å². The van der Waals surface area contributed by atoms with Crippen LogP contribution in [0.15, 0.2) is 0 Å². The Hall–Kier alpha value is -1.83. The highest BCUT2D eigenvalue weighted by Crippen LogP contribution is 2.65. The van der Waals surface area contributed by atoms with Gasteiger partial charge in [-0.15, -0.1) is 0 Å². The molecule has 1 heterocycles. The van der Waals surface area contributed by atoms with Crippen molar-refractivity contribution in [2.75, 3.05) is 20.3 Å². The monoisotopic (exact) mass is 412 g/mol. The van der Waals surface area contributed by atoms with Crippen LogP contribution in [0.5, 0.6) is 0 Å². The molecule has 2 amide bonds. The smallest absolute Gasteiger partial charge is 0.408 e. The quantitative estimate of drug-likeness (QED) is 0.673. The molecule has 1 saturated heterocycles. The maximum absolute atomic E-state index is 13.5. The number of methoxy groups -OCH3 is 1. The summed E-state index contributed by atoms with van der Waals surface area (Å²) in [6.45, 7) is 15.6. The van der Waals surface area contributed by atoms with Crippen LogP contribution in [-0.4, -0.2) is 66.4 Å². The lowest BCUT2D eigenvalue weighted by Gasteiger charge is -2.38. The first-order chi connectivity index (χ1) is 13.2. The van der Waals surface area contributed by atoms with Crippen LogP contribution < -0.4 is 5.32 Å². The molecular formula is C21H36N2O6. The number of fused-ring (bicyclic) bond motifs is 1. The van der Waals surface area contributed by atoms with Gasteiger partial charge in [0.25, 0.3) is 0 Å². The summed E-state index contributed by atoms with van der Waals surface area (Å²) in [5.74, 6) is -0.515. The third kappa shape index (κ3) is 4.68. The highest BCUT2D eigenvalue weighted by Gasteiger charge is 2.70. The van der Waals surface area contributed by atoms with Gasteiger partial charge in [-0.25, -0.2) is 9.59 Å². The summed E-state index contributed by atoms with van der Waals surface area (Å²) in [4.78, 5) is 40.0. The molecule has 8 nitrogen and oxygen atoms in total. The summed E-state index contributed by atoms with van der Waals surface area (Å²) < 4.78 is 16.1. The zero-order valence-electron chi connectivity index (χ0n) is 19.1. The molecule has 0 aromatic rings. The zero-order chi connectivity index (χ0) is 22.4. The van der Waals surface area contributed by atoms with Crippen molar-refractivity contribution in [2.24, 2.45) is 17.3 Å². The lowest BCUT2D eigenvalue weighted by molar-refractivity contribution is -0.157. The van der Waals surface area contributed by atoms with Gasteiger partial charge >= 0.3 is 12.1 Å². The average molecular weight is 413 g/mol. The van der Waals surface area contributed by atoms with Gasteiger partial charge < -0.3 is 24.4 Å². The largest absolute Gasteiger partial charge is 0.467 e. The number of hydrogen-bond acceptors (Lipinski definition) is 6. The van der Waals surface area contributed by atoms with Crippen molar-refractivity contribution in [3.8, 4) is 0 Å². The fraction of sp³-hybridized carbons (Fsp3) is 0.857. The number of amides is 2. The summed E-state index contributed by atoms with van der Waals surface area (Å²) in [5.41, 5.74) is -1.72. The van der Waals surface area contributed by atoms with E-state index in [1.54, 1.807) is 34.6 Å². The Kier molecular flexibility index (Phi) is 6.29. The number of likely N-dealkylation sites (tertiary alicyclic amines) is 1. The second kappa shape index (κ2) is 7.78. The predicted molar refractivity (Wildman–Crippen MR) is 107 cm³/mol. The number of nitrogens with one attached hydrogen (secondary N) is 1. The van der Waals surface area contributed by atoms with Crippen LogP contribution in [0.3, 0.4) is 0 Å². The Morgan fingerprint density at radius 3 is 2.24 bits per heavy atom. The van der Waals surface area contributed by atoms with Gasteiger partial charge in [0.1, 0.15) is 17.7 Å². The summed E-state index contributed by atoms with van der Waals surface area (Å²) in [6, 6.07) is -1.67. The maximum Gasteiger partial charge on any atom is 0.408 e. The SMILES string of the molecule is CCOC(C)(C)C(NC(=O)OC(C)(C)C)C(=O)N1C[C@H]2[C@@H]([C@H]1C(=O)OC)C2(C)C. The Labute approximate surface area is 173 Å². The molecule has 2 fully saturated rings. The molecule has 2 rings (SSSR count). The molecule has 1 N–H and O–H groups in total. The first-order valence-corrected chi connectivity index (χ1v) is 10.2. The highest BCUT2D eigenvalue weighted by atomic mass is 16.6. The number of ether oxygens (including phenoxy) is 3. The molecule has 1 saturated carbocycles. The minimum absolute atomic E-state index is 0.0147. The highest BCUT2D eigenvalue weighted by molar-refractivity contribution is 5.92. The van der Waals surface area contributed by atoms with Crippen molar-refractivity contribution < 1.29 is 28.6 Å². The number of hydrogen-bond donors (Lipinski definition) is 1. The molecule has 29 heavy (non-hydrogen) atoms. The van der Waals surface area contributed by atoms with Crippen LogP contribution in [0.2, 0.25) is 0 Å². The van der Waals surface area contributed by atoms with Crippen LogP contribution in [0.1, 0.15) is 55.4 Å². The van der Waals surface area contributed by atoms with Crippen LogP contribution in [-0.2, 0) is 23.8 Å². The van der Waals surface area contributed by atoms with E-state index in [4.69, 9.17) is 14.2 Å². The van der Waals surface area contributed by atoms with Crippen LogP contribution in [0.4, 0.5) is 4.79 Å². The Bertz CT molecular complexity index is 667. The zero-order valence-corrected chi connectivity index (χ0v) is 19.1. The molecule has 0 aromatic carbocycles. The second-order valence-corrected chi connectivity index (χ2v) is 10.0. The molecule has 0 aromatic heterocycles. The van der Waals surface area contributed by atoms with E-state index >= 15 is 0 Å². The summed E-state index contributed by atoms with van der Waals surface area (Å²) in [5, 5.41) is 2.67. The Balaban J connectivity index is 2.29. The molecular weight excluding hydrogens is 376 g/mol. The summed E-state index contributed by atoms with van der Waals surface area (Å²) in [7, 11) is 1.33. The molecule has 0 spiro atoms. The molecule has 1 aliphatic carbocycles. The number of piperidine rings is 1. The fourth-order valence-corrected chi connectivity index (χ4v) is 4.48.